The number of halogens is 4. The van der Waals surface area contributed by atoms with Crippen LogP contribution in [0, 0.1) is 5.82 Å². The lowest BCUT2D eigenvalue weighted by Gasteiger charge is -2.13. The summed E-state index contributed by atoms with van der Waals surface area (Å²) in [7, 11) is 0. The van der Waals surface area contributed by atoms with Crippen molar-refractivity contribution in [2.75, 3.05) is 11.9 Å². The van der Waals surface area contributed by atoms with Gasteiger partial charge in [-0.05, 0) is 18.2 Å². The third-order valence-electron chi connectivity index (χ3n) is 2.77. The summed E-state index contributed by atoms with van der Waals surface area (Å²) in [6.07, 6.45) is -2.86. The molecule has 108 valence electrons. The van der Waals surface area contributed by atoms with E-state index >= 15 is 0 Å². The Balaban J connectivity index is 2.04. The largest absolute Gasteiger partial charge is 0.416 e. The Morgan fingerprint density at radius 2 is 2.10 bits per heavy atom. The predicted octanol–water partition coefficient (Wildman–Crippen LogP) is 4.52. The molecule has 20 heavy (non-hydrogen) atoms. The van der Waals surface area contributed by atoms with Crippen molar-refractivity contribution in [3.8, 4) is 0 Å². The van der Waals surface area contributed by atoms with Crippen molar-refractivity contribution in [1.29, 1.82) is 0 Å². The monoisotopic (exact) mass is 304 g/mol. The van der Waals surface area contributed by atoms with Crippen LogP contribution < -0.4 is 5.32 Å². The molecule has 1 unspecified atom stereocenters. The number of thiazole rings is 1. The topological polar surface area (TPSA) is 24.9 Å². The van der Waals surface area contributed by atoms with Gasteiger partial charge in [0.05, 0.1) is 16.3 Å². The zero-order valence-corrected chi connectivity index (χ0v) is 11.4. The van der Waals surface area contributed by atoms with Crippen LogP contribution >= 0.6 is 11.3 Å². The van der Waals surface area contributed by atoms with E-state index in [-0.39, 0.29) is 11.6 Å². The van der Waals surface area contributed by atoms with Crippen LogP contribution in [0.25, 0.3) is 0 Å². The SMILES string of the molecule is CC(CNc1ccc(C(F)(F)F)cc1F)c1nccs1. The van der Waals surface area contributed by atoms with Crippen LogP contribution in [0.3, 0.4) is 0 Å². The molecule has 2 aromatic rings. The minimum atomic E-state index is -4.53. The number of nitrogens with zero attached hydrogens (tertiary/aromatic N) is 1. The van der Waals surface area contributed by atoms with Crippen molar-refractivity contribution in [3.05, 3.63) is 46.2 Å². The zero-order chi connectivity index (χ0) is 14.8. The molecule has 0 fully saturated rings. The molecule has 1 aromatic carbocycles. The number of benzene rings is 1. The normalized spacial score (nSPS) is 13.2. The van der Waals surface area contributed by atoms with Gasteiger partial charge in [-0.1, -0.05) is 6.92 Å². The molecule has 1 aromatic heterocycles. The highest BCUT2D eigenvalue weighted by molar-refractivity contribution is 7.09. The fourth-order valence-corrected chi connectivity index (χ4v) is 2.36. The van der Waals surface area contributed by atoms with Crippen molar-refractivity contribution in [2.45, 2.75) is 19.0 Å². The van der Waals surface area contributed by atoms with Crippen LogP contribution in [0.4, 0.5) is 23.2 Å². The summed E-state index contributed by atoms with van der Waals surface area (Å²) in [5.74, 6) is -0.858. The number of hydrogen-bond acceptors (Lipinski definition) is 3. The molecular formula is C13H12F4N2S. The van der Waals surface area contributed by atoms with Crippen LogP contribution in [-0.2, 0) is 6.18 Å². The van der Waals surface area contributed by atoms with Crippen LogP contribution in [-0.4, -0.2) is 11.5 Å². The van der Waals surface area contributed by atoms with Gasteiger partial charge in [0.15, 0.2) is 0 Å². The van der Waals surface area contributed by atoms with Crippen LogP contribution in [0.2, 0.25) is 0 Å². The summed E-state index contributed by atoms with van der Waals surface area (Å²) in [6, 6.07) is 2.46. The van der Waals surface area contributed by atoms with Gasteiger partial charge in [-0.2, -0.15) is 13.2 Å². The molecule has 0 aliphatic rings. The first kappa shape index (κ1) is 14.8. The molecule has 0 aliphatic carbocycles. The van der Waals surface area contributed by atoms with Gasteiger partial charge in [0.2, 0.25) is 0 Å². The number of aromatic nitrogens is 1. The molecule has 2 nitrogen and oxygen atoms in total. The van der Waals surface area contributed by atoms with Crippen molar-refractivity contribution in [1.82, 2.24) is 4.98 Å². The van der Waals surface area contributed by atoms with E-state index in [0.717, 1.165) is 17.1 Å². The quantitative estimate of drug-likeness (QED) is 0.840. The standard InChI is InChI=1S/C13H12F4N2S/c1-8(12-18-4-5-20-12)7-19-11-3-2-9(6-10(11)14)13(15,16)17/h2-6,8,19H,7H2,1H3. The molecule has 1 N–H and O–H groups in total. The van der Waals surface area contributed by atoms with E-state index in [4.69, 9.17) is 0 Å². The van der Waals surface area contributed by atoms with Gasteiger partial charge >= 0.3 is 6.18 Å². The average Bonchev–Trinajstić information content (AvgIpc) is 2.89. The summed E-state index contributed by atoms with van der Waals surface area (Å²) in [5, 5.41) is 5.54. The Morgan fingerprint density at radius 3 is 2.65 bits per heavy atom. The Morgan fingerprint density at radius 1 is 1.35 bits per heavy atom. The Kier molecular flexibility index (Phi) is 4.27. The number of alkyl halides is 3. The summed E-state index contributed by atoms with van der Waals surface area (Å²) in [5.41, 5.74) is -0.935. The summed E-state index contributed by atoms with van der Waals surface area (Å²) in [6.45, 7) is 2.31. The van der Waals surface area contributed by atoms with E-state index < -0.39 is 17.6 Å². The van der Waals surface area contributed by atoms with Gasteiger partial charge in [-0.3, -0.25) is 0 Å². The van der Waals surface area contributed by atoms with Crippen LogP contribution in [0.1, 0.15) is 23.4 Å². The van der Waals surface area contributed by atoms with E-state index in [1.807, 2.05) is 12.3 Å². The molecule has 0 saturated heterocycles. The van der Waals surface area contributed by atoms with Gasteiger partial charge in [0, 0.05) is 24.0 Å². The van der Waals surface area contributed by atoms with Gasteiger partial charge in [-0.25, -0.2) is 9.37 Å². The average molecular weight is 304 g/mol. The maximum Gasteiger partial charge on any atom is 0.416 e. The number of rotatable bonds is 4. The molecule has 0 amide bonds. The zero-order valence-electron chi connectivity index (χ0n) is 10.5. The summed E-state index contributed by atoms with van der Waals surface area (Å²) < 4.78 is 50.8. The van der Waals surface area contributed by atoms with E-state index in [2.05, 4.69) is 10.3 Å². The molecule has 1 atom stereocenters. The molecule has 7 heteroatoms. The van der Waals surface area contributed by atoms with Gasteiger partial charge in [0.25, 0.3) is 0 Å². The smallest absolute Gasteiger partial charge is 0.382 e. The highest BCUT2D eigenvalue weighted by Crippen LogP contribution is 2.31. The highest BCUT2D eigenvalue weighted by atomic mass is 32.1. The van der Waals surface area contributed by atoms with Crippen molar-refractivity contribution < 1.29 is 17.6 Å². The molecule has 0 radical (unpaired) electrons. The van der Waals surface area contributed by atoms with Crippen LogP contribution in [0.5, 0.6) is 0 Å². The second-order valence-electron chi connectivity index (χ2n) is 4.34. The third-order valence-corrected chi connectivity index (χ3v) is 3.78. The fourth-order valence-electron chi connectivity index (χ4n) is 1.66. The van der Waals surface area contributed by atoms with Crippen molar-refractivity contribution >= 4 is 17.0 Å². The van der Waals surface area contributed by atoms with Crippen molar-refractivity contribution in [3.63, 3.8) is 0 Å². The van der Waals surface area contributed by atoms with E-state index in [1.165, 1.54) is 11.3 Å². The minimum Gasteiger partial charge on any atom is -0.382 e. The first-order valence-corrected chi connectivity index (χ1v) is 6.76. The first-order chi connectivity index (χ1) is 9.38. The predicted molar refractivity (Wildman–Crippen MR) is 70.4 cm³/mol. The lowest BCUT2D eigenvalue weighted by molar-refractivity contribution is -0.137. The molecule has 0 saturated carbocycles. The molecule has 0 spiro atoms. The highest BCUT2D eigenvalue weighted by Gasteiger charge is 2.31. The number of hydrogen-bond donors (Lipinski definition) is 1. The minimum absolute atomic E-state index is 0.0525. The Labute approximate surface area is 117 Å². The first-order valence-electron chi connectivity index (χ1n) is 5.88. The molecule has 2 rings (SSSR count). The Hall–Kier alpha value is -1.63. The maximum atomic E-state index is 13.6. The Bertz CT molecular complexity index is 566. The van der Waals surface area contributed by atoms with Crippen LogP contribution in [0.15, 0.2) is 29.8 Å². The third kappa shape index (κ3) is 3.47. The van der Waals surface area contributed by atoms with Gasteiger partial charge in [-0.15, -0.1) is 11.3 Å². The van der Waals surface area contributed by atoms with E-state index in [9.17, 15) is 17.6 Å². The molecule has 0 bridgehead atoms. The van der Waals surface area contributed by atoms with Gasteiger partial charge in [0.1, 0.15) is 5.82 Å². The van der Waals surface area contributed by atoms with Crippen molar-refractivity contribution in [2.24, 2.45) is 0 Å². The fraction of sp³-hybridized carbons (Fsp3) is 0.308. The maximum absolute atomic E-state index is 13.6. The summed E-state index contributed by atoms with van der Waals surface area (Å²) in [4.78, 5) is 4.13. The number of nitrogens with one attached hydrogen (secondary N) is 1. The second-order valence-corrected chi connectivity index (χ2v) is 5.27. The lowest BCUT2D eigenvalue weighted by Crippen LogP contribution is -2.12. The van der Waals surface area contributed by atoms with E-state index in [0.29, 0.717) is 12.6 Å². The summed E-state index contributed by atoms with van der Waals surface area (Å²) >= 11 is 1.48. The van der Waals surface area contributed by atoms with Gasteiger partial charge < -0.3 is 5.32 Å². The molecule has 1 heterocycles. The lowest BCUT2D eigenvalue weighted by atomic mass is 10.1. The molecular weight excluding hydrogens is 292 g/mol. The van der Waals surface area contributed by atoms with E-state index in [1.54, 1.807) is 6.20 Å². The molecule has 0 aliphatic heterocycles. The number of anilines is 1. The second kappa shape index (κ2) is 5.78.